The van der Waals surface area contributed by atoms with Crippen LogP contribution in [0.5, 0.6) is 17.2 Å². The zero-order valence-corrected chi connectivity index (χ0v) is 20.1. The maximum absolute atomic E-state index is 12.8. The molecule has 3 aromatic carbocycles. The van der Waals surface area contributed by atoms with Gasteiger partial charge in [-0.3, -0.25) is 4.79 Å². The van der Waals surface area contributed by atoms with Crippen molar-refractivity contribution in [3.8, 4) is 23.3 Å². The average Bonchev–Trinajstić information content (AvgIpc) is 2.92. The van der Waals surface area contributed by atoms with E-state index in [1.54, 1.807) is 38.5 Å². The SMILES string of the molecule is COc1ccc(N2CCN(c3ccc(NC(=O)c4ccc(OC)c(OC)c4)cc3C#N)CC2)cc1. The van der Waals surface area contributed by atoms with Crippen LogP contribution in [-0.4, -0.2) is 53.4 Å². The highest BCUT2D eigenvalue weighted by atomic mass is 16.5. The number of hydrogen-bond donors (Lipinski definition) is 1. The third-order valence-electron chi connectivity index (χ3n) is 6.08. The van der Waals surface area contributed by atoms with Crippen LogP contribution in [0, 0.1) is 11.3 Å². The summed E-state index contributed by atoms with van der Waals surface area (Å²) in [5.41, 5.74) is 3.53. The van der Waals surface area contributed by atoms with Crippen LogP contribution in [0.1, 0.15) is 15.9 Å². The topological polar surface area (TPSA) is 87.1 Å². The second-order valence-corrected chi connectivity index (χ2v) is 8.04. The minimum atomic E-state index is -0.296. The van der Waals surface area contributed by atoms with Gasteiger partial charge in [0.2, 0.25) is 0 Å². The van der Waals surface area contributed by atoms with E-state index in [1.807, 2.05) is 24.3 Å². The largest absolute Gasteiger partial charge is 0.497 e. The molecule has 1 saturated heterocycles. The molecule has 0 atom stereocenters. The molecule has 0 unspecified atom stereocenters. The number of ether oxygens (including phenoxy) is 3. The van der Waals surface area contributed by atoms with E-state index in [0.717, 1.165) is 43.3 Å². The number of methoxy groups -OCH3 is 3. The monoisotopic (exact) mass is 472 g/mol. The highest BCUT2D eigenvalue weighted by Crippen LogP contribution is 2.29. The first kappa shape index (κ1) is 23.8. The van der Waals surface area contributed by atoms with Crippen molar-refractivity contribution in [3.63, 3.8) is 0 Å². The molecule has 1 amide bonds. The summed E-state index contributed by atoms with van der Waals surface area (Å²) in [5.74, 6) is 1.56. The number of amides is 1. The molecule has 1 N–H and O–H groups in total. The first-order chi connectivity index (χ1) is 17.1. The second kappa shape index (κ2) is 10.7. The van der Waals surface area contributed by atoms with Gasteiger partial charge >= 0.3 is 0 Å². The molecule has 0 bridgehead atoms. The summed E-state index contributed by atoms with van der Waals surface area (Å²) < 4.78 is 15.7. The van der Waals surface area contributed by atoms with Crippen LogP contribution in [-0.2, 0) is 0 Å². The molecule has 0 radical (unpaired) electrons. The van der Waals surface area contributed by atoms with E-state index in [9.17, 15) is 10.1 Å². The van der Waals surface area contributed by atoms with Crippen LogP contribution in [0.4, 0.5) is 17.1 Å². The number of anilines is 3. The lowest BCUT2D eigenvalue weighted by molar-refractivity contribution is 0.102. The Kier molecular flexibility index (Phi) is 7.27. The van der Waals surface area contributed by atoms with Gasteiger partial charge in [-0.1, -0.05) is 0 Å². The summed E-state index contributed by atoms with van der Waals surface area (Å²) in [6, 6.07) is 20.7. The standard InChI is InChI=1S/C27H28N4O4/c1-33-23-8-6-22(7-9-23)30-12-14-31(15-13-30)24-10-5-21(16-20(24)18-28)29-27(32)19-4-11-25(34-2)26(17-19)35-3/h4-11,16-17H,12-15H2,1-3H3,(H,29,32). The molecule has 0 aromatic heterocycles. The Balaban J connectivity index is 1.43. The van der Waals surface area contributed by atoms with Gasteiger partial charge in [0, 0.05) is 43.1 Å². The Morgan fingerprint density at radius 2 is 1.51 bits per heavy atom. The molecule has 0 aliphatic carbocycles. The molecule has 1 aliphatic heterocycles. The van der Waals surface area contributed by atoms with Crippen LogP contribution >= 0.6 is 0 Å². The number of nitriles is 1. The Labute approximate surface area is 205 Å². The van der Waals surface area contributed by atoms with E-state index < -0.39 is 0 Å². The van der Waals surface area contributed by atoms with Crippen LogP contribution in [0.25, 0.3) is 0 Å². The Morgan fingerprint density at radius 1 is 0.829 bits per heavy atom. The van der Waals surface area contributed by atoms with Crippen molar-refractivity contribution >= 4 is 23.0 Å². The molecule has 1 heterocycles. The maximum Gasteiger partial charge on any atom is 0.255 e. The highest BCUT2D eigenvalue weighted by Gasteiger charge is 2.20. The van der Waals surface area contributed by atoms with E-state index in [1.165, 1.54) is 7.11 Å². The summed E-state index contributed by atoms with van der Waals surface area (Å²) >= 11 is 0. The van der Waals surface area contributed by atoms with E-state index in [0.29, 0.717) is 28.3 Å². The van der Waals surface area contributed by atoms with E-state index in [-0.39, 0.29) is 5.91 Å². The first-order valence-corrected chi connectivity index (χ1v) is 11.3. The van der Waals surface area contributed by atoms with Crippen LogP contribution in [0.3, 0.4) is 0 Å². The Bertz CT molecular complexity index is 1230. The molecule has 0 spiro atoms. The molecule has 180 valence electrons. The fraction of sp³-hybridized carbons (Fsp3) is 0.259. The van der Waals surface area contributed by atoms with Gasteiger partial charge in [0.15, 0.2) is 11.5 Å². The number of piperazine rings is 1. The molecule has 1 fully saturated rings. The number of nitrogens with one attached hydrogen (secondary N) is 1. The summed E-state index contributed by atoms with van der Waals surface area (Å²) in [6.07, 6.45) is 0. The molecule has 1 aliphatic rings. The van der Waals surface area contributed by atoms with Crippen molar-refractivity contribution in [2.24, 2.45) is 0 Å². The molecule has 35 heavy (non-hydrogen) atoms. The van der Waals surface area contributed by atoms with Gasteiger partial charge in [-0.15, -0.1) is 0 Å². The van der Waals surface area contributed by atoms with Gasteiger partial charge in [0.25, 0.3) is 5.91 Å². The fourth-order valence-electron chi connectivity index (χ4n) is 4.16. The van der Waals surface area contributed by atoms with Gasteiger partial charge in [-0.25, -0.2) is 0 Å². The van der Waals surface area contributed by atoms with Crippen LogP contribution in [0.15, 0.2) is 60.7 Å². The minimum absolute atomic E-state index is 0.296. The Hall–Kier alpha value is -4.38. The molecule has 4 rings (SSSR count). The van der Waals surface area contributed by atoms with Gasteiger partial charge in [0.05, 0.1) is 32.6 Å². The van der Waals surface area contributed by atoms with Crippen LogP contribution < -0.4 is 29.3 Å². The molecule has 0 saturated carbocycles. The van der Waals surface area contributed by atoms with Gasteiger partial charge in [-0.05, 0) is 60.7 Å². The number of benzene rings is 3. The predicted octanol–water partition coefficient (Wildman–Crippen LogP) is 4.16. The van der Waals surface area contributed by atoms with Crippen molar-refractivity contribution in [1.29, 1.82) is 5.26 Å². The lowest BCUT2D eigenvalue weighted by Gasteiger charge is -2.37. The lowest BCUT2D eigenvalue weighted by Crippen LogP contribution is -2.46. The number of carbonyl (C=O) groups excluding carboxylic acids is 1. The number of hydrogen-bond acceptors (Lipinski definition) is 7. The number of nitrogens with zero attached hydrogens (tertiary/aromatic N) is 3. The molecular weight excluding hydrogens is 444 g/mol. The summed E-state index contributed by atoms with van der Waals surface area (Å²) in [5, 5.41) is 12.7. The average molecular weight is 473 g/mol. The van der Waals surface area contributed by atoms with Crippen molar-refractivity contribution in [3.05, 3.63) is 71.8 Å². The zero-order chi connectivity index (χ0) is 24.8. The normalized spacial score (nSPS) is 13.1. The van der Waals surface area contributed by atoms with Crippen LogP contribution in [0.2, 0.25) is 0 Å². The minimum Gasteiger partial charge on any atom is -0.497 e. The number of rotatable bonds is 7. The summed E-state index contributed by atoms with van der Waals surface area (Å²) in [7, 11) is 4.73. The van der Waals surface area contributed by atoms with Crippen molar-refractivity contribution in [2.75, 3.05) is 62.6 Å². The third-order valence-corrected chi connectivity index (χ3v) is 6.08. The van der Waals surface area contributed by atoms with Crippen molar-refractivity contribution in [2.45, 2.75) is 0 Å². The summed E-state index contributed by atoms with van der Waals surface area (Å²) in [4.78, 5) is 17.3. The maximum atomic E-state index is 12.8. The smallest absolute Gasteiger partial charge is 0.255 e. The molecule has 8 nitrogen and oxygen atoms in total. The highest BCUT2D eigenvalue weighted by molar-refractivity contribution is 6.04. The van der Waals surface area contributed by atoms with Gasteiger partial charge < -0.3 is 29.3 Å². The fourth-order valence-corrected chi connectivity index (χ4v) is 4.16. The van der Waals surface area contributed by atoms with Gasteiger partial charge in [-0.2, -0.15) is 5.26 Å². The lowest BCUT2D eigenvalue weighted by atomic mass is 10.1. The number of carbonyl (C=O) groups is 1. The second-order valence-electron chi connectivity index (χ2n) is 8.04. The van der Waals surface area contributed by atoms with Gasteiger partial charge in [0.1, 0.15) is 11.8 Å². The summed E-state index contributed by atoms with van der Waals surface area (Å²) in [6.45, 7) is 3.26. The van der Waals surface area contributed by atoms with E-state index in [2.05, 4.69) is 33.3 Å². The zero-order valence-electron chi connectivity index (χ0n) is 20.1. The third kappa shape index (κ3) is 5.25. The molecular formula is C27H28N4O4. The molecule has 8 heteroatoms. The Morgan fingerprint density at radius 3 is 2.14 bits per heavy atom. The van der Waals surface area contributed by atoms with E-state index in [4.69, 9.17) is 14.2 Å². The van der Waals surface area contributed by atoms with Crippen molar-refractivity contribution in [1.82, 2.24) is 0 Å². The first-order valence-electron chi connectivity index (χ1n) is 11.3. The quantitative estimate of drug-likeness (QED) is 0.552. The predicted molar refractivity (Wildman–Crippen MR) is 136 cm³/mol. The van der Waals surface area contributed by atoms with Crippen molar-refractivity contribution < 1.29 is 19.0 Å². The molecule has 3 aromatic rings. The van der Waals surface area contributed by atoms with E-state index >= 15 is 0 Å².